The molecule has 63 heavy (non-hydrogen) atoms. The van der Waals surface area contributed by atoms with Gasteiger partial charge in [0.15, 0.2) is 17.4 Å². The number of ether oxygens (including phenoxy) is 1. The zero-order valence-electron chi connectivity index (χ0n) is 42.6. The van der Waals surface area contributed by atoms with Crippen LogP contribution in [0.15, 0.2) is 36.5 Å². The van der Waals surface area contributed by atoms with Crippen LogP contribution < -0.4 is 9.64 Å². The lowest BCUT2D eigenvalue weighted by atomic mass is 9.83. The third-order valence-corrected chi connectivity index (χ3v) is 11.2. The third kappa shape index (κ3) is 19.2. The number of halogens is 2. The number of aromatic nitrogens is 1. The summed E-state index contributed by atoms with van der Waals surface area (Å²) in [6.45, 7) is 42.1. The highest BCUT2D eigenvalue weighted by molar-refractivity contribution is 5.94. The van der Waals surface area contributed by atoms with Gasteiger partial charge >= 0.3 is 0 Å². The Bertz CT molecular complexity index is 1710. The first-order valence-electron chi connectivity index (χ1n) is 23.7. The van der Waals surface area contributed by atoms with E-state index in [9.17, 15) is 8.78 Å². The van der Waals surface area contributed by atoms with Crippen LogP contribution in [0, 0.1) is 43.2 Å². The predicted octanol–water partition coefficient (Wildman–Crippen LogP) is 11.5. The number of carbonyl (C=O) groups excluding carboxylic acids is 1. The molecule has 0 aliphatic carbocycles. The molecule has 10 heteroatoms. The second-order valence-corrected chi connectivity index (χ2v) is 17.8. The molecule has 0 saturated carbocycles. The van der Waals surface area contributed by atoms with Crippen molar-refractivity contribution in [2.45, 2.75) is 166 Å². The van der Waals surface area contributed by atoms with Crippen LogP contribution in [0.25, 0.3) is 10.9 Å². The Labute approximate surface area is 384 Å². The summed E-state index contributed by atoms with van der Waals surface area (Å²) in [5.41, 5.74) is 4.84. The normalized spacial score (nSPS) is 16.4. The Kier molecular flexibility index (Phi) is 28.8. The minimum absolute atomic E-state index is 0.0289. The molecule has 0 spiro atoms. The predicted molar refractivity (Wildman–Crippen MR) is 266 cm³/mol. The summed E-state index contributed by atoms with van der Waals surface area (Å²) >= 11 is 0. The standard InChI is InChI=1S/C30H43N5.C15H22F2O.3C2H6.CH4O.CH2O/c1-5-6-25-22-31-29-8-7-24(4)21-28(29)30(25)35-15-11-26(12-16-35)33-13-9-27(10-14-33)34-19-17-32(18-20-34)23(2)3;1-10-7-11(16)13(12(17)8-10)18-15(5,6)9-14(2,3)4;5*1-2/h1,7-8,21-23,26-27H,6,9-20H2,2-4H3;7-8H,9H2,1-6H3;3*1-2H3;2H,1H3;1H2. The Morgan fingerprint density at radius 2 is 1.25 bits per heavy atom. The van der Waals surface area contributed by atoms with Gasteiger partial charge in [-0.3, -0.25) is 14.8 Å². The van der Waals surface area contributed by atoms with E-state index < -0.39 is 17.2 Å². The number of likely N-dealkylation sites (tertiary alicyclic amines) is 1. The second-order valence-electron chi connectivity index (χ2n) is 17.8. The highest BCUT2D eigenvalue weighted by Crippen LogP contribution is 2.35. The highest BCUT2D eigenvalue weighted by atomic mass is 19.1. The van der Waals surface area contributed by atoms with E-state index in [1.165, 1.54) is 99.3 Å². The summed E-state index contributed by atoms with van der Waals surface area (Å²) in [7, 11) is 1.00. The molecule has 0 bridgehead atoms. The van der Waals surface area contributed by atoms with E-state index in [0.29, 0.717) is 24.4 Å². The van der Waals surface area contributed by atoms with Crippen LogP contribution >= 0.6 is 0 Å². The number of piperidine rings is 2. The van der Waals surface area contributed by atoms with Gasteiger partial charge in [0.25, 0.3) is 0 Å². The van der Waals surface area contributed by atoms with E-state index in [4.69, 9.17) is 26.0 Å². The number of fused-ring (bicyclic) bond motifs is 1. The first kappa shape index (κ1) is 59.4. The number of hydrogen-bond acceptors (Lipinski definition) is 8. The molecule has 3 aliphatic heterocycles. The maximum absolute atomic E-state index is 13.7. The number of aliphatic hydroxyl groups is 1. The lowest BCUT2D eigenvalue weighted by molar-refractivity contribution is -0.0980. The van der Waals surface area contributed by atoms with Crippen LogP contribution in [-0.2, 0) is 11.2 Å². The number of piperazine rings is 1. The Morgan fingerprint density at radius 3 is 1.71 bits per heavy atom. The van der Waals surface area contributed by atoms with Gasteiger partial charge in [-0.05, 0) is 122 Å². The van der Waals surface area contributed by atoms with Gasteiger partial charge in [0.05, 0.1) is 11.2 Å². The quantitative estimate of drug-likeness (QED) is 0.224. The number of anilines is 1. The highest BCUT2D eigenvalue weighted by Gasteiger charge is 2.33. The molecule has 358 valence electrons. The zero-order valence-corrected chi connectivity index (χ0v) is 42.6. The van der Waals surface area contributed by atoms with Crippen LogP contribution in [0.4, 0.5) is 14.5 Å². The number of rotatable bonds is 8. The van der Waals surface area contributed by atoms with Gasteiger partial charge in [-0.25, -0.2) is 8.78 Å². The van der Waals surface area contributed by atoms with E-state index in [1.54, 1.807) is 6.92 Å². The molecule has 1 aromatic heterocycles. The van der Waals surface area contributed by atoms with Gasteiger partial charge in [-0.2, -0.15) is 0 Å². The fourth-order valence-corrected chi connectivity index (χ4v) is 9.01. The van der Waals surface area contributed by atoms with E-state index >= 15 is 0 Å². The van der Waals surface area contributed by atoms with Crippen LogP contribution in [0.2, 0.25) is 0 Å². The number of aliphatic hydroxyl groups excluding tert-OH is 1. The van der Waals surface area contributed by atoms with Gasteiger partial charge in [0.1, 0.15) is 12.4 Å². The van der Waals surface area contributed by atoms with Crippen molar-refractivity contribution in [3.63, 3.8) is 0 Å². The Balaban J connectivity index is 0.00000116. The molecule has 4 heterocycles. The van der Waals surface area contributed by atoms with Gasteiger partial charge < -0.3 is 24.4 Å². The van der Waals surface area contributed by atoms with Gasteiger partial charge in [0.2, 0.25) is 0 Å². The van der Waals surface area contributed by atoms with Gasteiger partial charge in [-0.15, -0.1) is 12.3 Å². The average molecular weight is 882 g/mol. The van der Waals surface area contributed by atoms with Crippen molar-refractivity contribution >= 4 is 23.4 Å². The van der Waals surface area contributed by atoms with Crippen molar-refractivity contribution in [1.29, 1.82) is 0 Å². The molecule has 2 aromatic carbocycles. The van der Waals surface area contributed by atoms with E-state index in [-0.39, 0.29) is 11.2 Å². The summed E-state index contributed by atoms with van der Waals surface area (Å²) in [6, 6.07) is 11.3. The van der Waals surface area contributed by atoms with E-state index in [1.807, 2.05) is 68.4 Å². The summed E-state index contributed by atoms with van der Waals surface area (Å²) in [5, 5.41) is 8.26. The van der Waals surface area contributed by atoms with Crippen molar-refractivity contribution in [3.05, 3.63) is 64.9 Å². The largest absolute Gasteiger partial charge is 0.482 e. The van der Waals surface area contributed by atoms with Crippen LogP contribution in [0.3, 0.4) is 0 Å². The maximum atomic E-state index is 13.7. The molecular formula is C53H89F2N5O3. The number of terminal acetylenes is 1. The summed E-state index contributed by atoms with van der Waals surface area (Å²) in [4.78, 5) is 23.5. The fourth-order valence-electron chi connectivity index (χ4n) is 9.01. The molecule has 8 nitrogen and oxygen atoms in total. The summed E-state index contributed by atoms with van der Waals surface area (Å²) < 4.78 is 33.0. The van der Waals surface area contributed by atoms with Crippen LogP contribution in [0.5, 0.6) is 5.75 Å². The van der Waals surface area contributed by atoms with E-state index in [0.717, 1.165) is 37.8 Å². The summed E-state index contributed by atoms with van der Waals surface area (Å²) in [5.74, 6) is 1.29. The van der Waals surface area contributed by atoms with Crippen molar-refractivity contribution in [3.8, 4) is 18.1 Å². The first-order valence-corrected chi connectivity index (χ1v) is 23.7. The van der Waals surface area contributed by atoms with Crippen molar-refractivity contribution in [2.75, 3.05) is 64.4 Å². The molecule has 0 atom stereocenters. The fraction of sp³-hybridized carbons (Fsp3) is 0.660. The molecular weight excluding hydrogens is 793 g/mol. The smallest absolute Gasteiger partial charge is 0.191 e. The SMILES string of the molecule is C#CCc1cnc2ccc(C)cc2c1N1CCC(N2CCC(N3CCN(C(C)C)CC3)CC2)CC1.C=O.CC.CC.CC.CO.Cc1cc(F)c(OC(C)(C)CC(C)(C)C)c(F)c1. The lowest BCUT2D eigenvalue weighted by Crippen LogP contribution is -2.56. The number of aryl methyl sites for hydroxylation is 2. The molecule has 0 unspecified atom stereocenters. The van der Waals surface area contributed by atoms with Gasteiger partial charge in [-0.1, -0.05) is 73.9 Å². The average Bonchev–Trinajstić information content (AvgIpc) is 3.28. The second kappa shape index (κ2) is 30.5. The monoisotopic (exact) mass is 882 g/mol. The molecule has 3 saturated heterocycles. The lowest BCUT2D eigenvalue weighted by Gasteiger charge is -2.46. The molecule has 3 fully saturated rings. The maximum Gasteiger partial charge on any atom is 0.191 e. The Hall–Kier alpha value is -3.62. The Morgan fingerprint density at radius 1 is 0.778 bits per heavy atom. The first-order chi connectivity index (χ1) is 30.0. The number of carbonyl (C=O) groups is 1. The third-order valence-electron chi connectivity index (χ3n) is 11.2. The number of hydrogen-bond donors (Lipinski definition) is 1. The summed E-state index contributed by atoms with van der Waals surface area (Å²) in [6.07, 6.45) is 14.2. The molecule has 1 N–H and O–H groups in total. The molecule has 3 aromatic rings. The molecule has 0 amide bonds. The number of pyridine rings is 1. The minimum atomic E-state index is -0.644. The minimum Gasteiger partial charge on any atom is -0.482 e. The van der Waals surface area contributed by atoms with Crippen LogP contribution in [0.1, 0.15) is 139 Å². The molecule has 3 aliphatic rings. The van der Waals surface area contributed by atoms with E-state index in [2.05, 4.69) is 85.3 Å². The number of benzene rings is 2. The molecule has 6 rings (SSSR count). The van der Waals surface area contributed by atoms with Crippen molar-refractivity contribution in [2.24, 2.45) is 5.41 Å². The van der Waals surface area contributed by atoms with Gasteiger partial charge in [0, 0.05) is 88.1 Å². The van der Waals surface area contributed by atoms with Crippen LogP contribution in [-0.4, -0.2) is 115 Å². The number of nitrogens with zero attached hydrogens (tertiary/aromatic N) is 5. The van der Waals surface area contributed by atoms with Crippen molar-refractivity contribution < 1.29 is 23.4 Å². The molecule has 0 radical (unpaired) electrons. The topological polar surface area (TPSA) is 72.4 Å². The zero-order chi connectivity index (χ0) is 48.5. The van der Waals surface area contributed by atoms with Crippen molar-refractivity contribution in [1.82, 2.24) is 19.7 Å².